The molecular formula is C11H13NO6. The molecule has 0 saturated carbocycles. The number of carbonyl (C=O) groups excluding carboxylic acids is 1. The Balaban J connectivity index is 2.66. The summed E-state index contributed by atoms with van der Waals surface area (Å²) >= 11 is 0. The minimum Gasteiger partial charge on any atom is -0.481 e. The summed E-state index contributed by atoms with van der Waals surface area (Å²) in [5.41, 5.74) is 0. The highest BCUT2D eigenvalue weighted by Crippen LogP contribution is 2.07. The highest BCUT2D eigenvalue weighted by molar-refractivity contribution is 5.91. The number of furan rings is 1. The molecular weight excluding hydrogens is 242 g/mol. The van der Waals surface area contributed by atoms with Gasteiger partial charge < -0.3 is 19.5 Å². The molecule has 0 aliphatic heterocycles. The van der Waals surface area contributed by atoms with E-state index in [4.69, 9.17) is 14.6 Å². The zero-order valence-electron chi connectivity index (χ0n) is 9.54. The van der Waals surface area contributed by atoms with E-state index < -0.39 is 17.8 Å². The lowest BCUT2D eigenvalue weighted by Gasteiger charge is -2.19. The van der Waals surface area contributed by atoms with E-state index in [0.29, 0.717) is 0 Å². The zero-order chi connectivity index (χ0) is 13.5. The number of hydrogen-bond donors (Lipinski definition) is 2. The number of carboxylic acids is 2. The zero-order valence-corrected chi connectivity index (χ0v) is 9.54. The lowest BCUT2D eigenvalue weighted by Crippen LogP contribution is -2.34. The van der Waals surface area contributed by atoms with Crippen LogP contribution in [0.2, 0.25) is 0 Å². The van der Waals surface area contributed by atoms with Gasteiger partial charge in [-0.2, -0.15) is 0 Å². The van der Waals surface area contributed by atoms with Gasteiger partial charge in [0.05, 0.1) is 19.1 Å². The molecule has 98 valence electrons. The molecule has 7 nitrogen and oxygen atoms in total. The standard InChI is InChI=1S/C11H13NO6/c13-9(14)3-5-12(6-4-10(15)16)11(17)8-2-1-7-18-8/h1-2,7H,3-6H2,(H,13,14)(H,15,16). The molecule has 0 aromatic carbocycles. The molecule has 1 aromatic rings. The van der Waals surface area contributed by atoms with Crippen molar-refractivity contribution >= 4 is 17.8 Å². The Labute approximate surface area is 103 Å². The summed E-state index contributed by atoms with van der Waals surface area (Å²) < 4.78 is 4.90. The smallest absolute Gasteiger partial charge is 0.305 e. The van der Waals surface area contributed by atoms with Gasteiger partial charge in [-0.3, -0.25) is 14.4 Å². The predicted molar refractivity (Wildman–Crippen MR) is 59.1 cm³/mol. The third kappa shape index (κ3) is 4.28. The van der Waals surface area contributed by atoms with Crippen LogP contribution in [0.5, 0.6) is 0 Å². The molecule has 1 heterocycles. The SMILES string of the molecule is O=C(O)CCN(CCC(=O)O)C(=O)c1ccco1. The van der Waals surface area contributed by atoms with Gasteiger partial charge in [0.1, 0.15) is 0 Å². The summed E-state index contributed by atoms with van der Waals surface area (Å²) in [6.07, 6.45) is 0.831. The molecule has 0 atom stereocenters. The first-order valence-corrected chi connectivity index (χ1v) is 5.27. The Morgan fingerprint density at radius 2 is 1.67 bits per heavy atom. The van der Waals surface area contributed by atoms with E-state index in [0.717, 1.165) is 4.90 Å². The van der Waals surface area contributed by atoms with Crippen molar-refractivity contribution in [2.75, 3.05) is 13.1 Å². The summed E-state index contributed by atoms with van der Waals surface area (Å²) in [6, 6.07) is 2.97. The molecule has 0 spiro atoms. The summed E-state index contributed by atoms with van der Waals surface area (Å²) in [5, 5.41) is 17.1. The van der Waals surface area contributed by atoms with Crippen molar-refractivity contribution in [2.45, 2.75) is 12.8 Å². The van der Waals surface area contributed by atoms with Crippen LogP contribution < -0.4 is 0 Å². The largest absolute Gasteiger partial charge is 0.481 e. The number of amides is 1. The van der Waals surface area contributed by atoms with Gasteiger partial charge in [-0.15, -0.1) is 0 Å². The van der Waals surface area contributed by atoms with E-state index in [1.54, 1.807) is 0 Å². The van der Waals surface area contributed by atoms with Gasteiger partial charge in [-0.05, 0) is 12.1 Å². The van der Waals surface area contributed by atoms with Gasteiger partial charge in [-0.1, -0.05) is 0 Å². The topological polar surface area (TPSA) is 108 Å². The minimum absolute atomic E-state index is 0.0534. The van der Waals surface area contributed by atoms with Crippen molar-refractivity contribution in [3.05, 3.63) is 24.2 Å². The second kappa shape index (κ2) is 6.43. The molecule has 0 fully saturated rings. The molecule has 0 radical (unpaired) electrons. The molecule has 7 heteroatoms. The molecule has 0 bridgehead atoms. The average molecular weight is 255 g/mol. The summed E-state index contributed by atoms with van der Waals surface area (Å²) in [4.78, 5) is 34.0. The average Bonchev–Trinajstić information content (AvgIpc) is 2.81. The second-order valence-electron chi connectivity index (χ2n) is 3.56. The van der Waals surface area contributed by atoms with E-state index in [1.165, 1.54) is 18.4 Å². The van der Waals surface area contributed by atoms with Crippen molar-refractivity contribution < 1.29 is 29.0 Å². The van der Waals surface area contributed by atoms with Crippen LogP contribution >= 0.6 is 0 Å². The van der Waals surface area contributed by atoms with Crippen molar-refractivity contribution in [3.63, 3.8) is 0 Å². The second-order valence-corrected chi connectivity index (χ2v) is 3.56. The van der Waals surface area contributed by atoms with E-state index in [1.807, 2.05) is 0 Å². The Morgan fingerprint density at radius 1 is 1.11 bits per heavy atom. The number of carbonyl (C=O) groups is 3. The third-order valence-corrected chi connectivity index (χ3v) is 2.21. The van der Waals surface area contributed by atoms with Gasteiger partial charge in [0.2, 0.25) is 0 Å². The molecule has 1 rings (SSSR count). The van der Waals surface area contributed by atoms with Crippen molar-refractivity contribution in [3.8, 4) is 0 Å². The van der Waals surface area contributed by atoms with E-state index in [-0.39, 0.29) is 31.7 Å². The number of hydrogen-bond acceptors (Lipinski definition) is 4. The van der Waals surface area contributed by atoms with E-state index in [9.17, 15) is 14.4 Å². The number of rotatable bonds is 7. The van der Waals surface area contributed by atoms with Crippen molar-refractivity contribution in [2.24, 2.45) is 0 Å². The molecule has 0 aliphatic carbocycles. The maximum Gasteiger partial charge on any atom is 0.305 e. The fraction of sp³-hybridized carbons (Fsp3) is 0.364. The fourth-order valence-electron chi connectivity index (χ4n) is 1.33. The summed E-state index contributed by atoms with van der Waals surface area (Å²) in [6.45, 7) is -0.107. The Bertz CT molecular complexity index is 407. The number of aliphatic carboxylic acids is 2. The minimum atomic E-state index is -1.05. The first-order chi connectivity index (χ1) is 8.50. The van der Waals surface area contributed by atoms with E-state index in [2.05, 4.69) is 0 Å². The van der Waals surface area contributed by atoms with Gasteiger partial charge >= 0.3 is 11.9 Å². The predicted octanol–water partition coefficient (Wildman–Crippen LogP) is 0.671. The van der Waals surface area contributed by atoms with Crippen molar-refractivity contribution in [1.29, 1.82) is 0 Å². The normalized spacial score (nSPS) is 10.0. The molecule has 0 aliphatic rings. The highest BCUT2D eigenvalue weighted by Gasteiger charge is 2.19. The Morgan fingerprint density at radius 3 is 2.06 bits per heavy atom. The first-order valence-electron chi connectivity index (χ1n) is 5.27. The third-order valence-electron chi connectivity index (χ3n) is 2.21. The van der Waals surface area contributed by atoms with Gasteiger partial charge in [0.15, 0.2) is 5.76 Å². The molecule has 1 aromatic heterocycles. The maximum atomic E-state index is 11.9. The summed E-state index contributed by atoms with van der Waals surface area (Å²) in [7, 11) is 0. The van der Waals surface area contributed by atoms with Gasteiger partial charge in [0, 0.05) is 13.1 Å². The van der Waals surface area contributed by atoms with Crippen LogP contribution in [-0.4, -0.2) is 46.0 Å². The van der Waals surface area contributed by atoms with Crippen LogP contribution in [-0.2, 0) is 9.59 Å². The van der Waals surface area contributed by atoms with Gasteiger partial charge in [-0.25, -0.2) is 0 Å². The van der Waals surface area contributed by atoms with Crippen LogP contribution in [0.3, 0.4) is 0 Å². The molecule has 0 saturated heterocycles. The fourth-order valence-corrected chi connectivity index (χ4v) is 1.33. The monoisotopic (exact) mass is 255 g/mol. The molecule has 2 N–H and O–H groups in total. The van der Waals surface area contributed by atoms with Gasteiger partial charge in [0.25, 0.3) is 5.91 Å². The lowest BCUT2D eigenvalue weighted by atomic mass is 10.3. The molecule has 1 amide bonds. The van der Waals surface area contributed by atoms with E-state index >= 15 is 0 Å². The molecule has 0 unspecified atom stereocenters. The quantitative estimate of drug-likeness (QED) is 0.741. The summed E-state index contributed by atoms with van der Waals surface area (Å²) in [5.74, 6) is -2.56. The number of carboxylic acid groups (broad SMARTS) is 2. The van der Waals surface area contributed by atoms with Crippen LogP contribution in [0.15, 0.2) is 22.8 Å². The Kier molecular flexibility index (Phi) is 4.91. The molecule has 18 heavy (non-hydrogen) atoms. The van der Waals surface area contributed by atoms with Crippen LogP contribution in [0.1, 0.15) is 23.4 Å². The van der Waals surface area contributed by atoms with Crippen LogP contribution in [0.4, 0.5) is 0 Å². The van der Waals surface area contributed by atoms with Crippen LogP contribution in [0, 0.1) is 0 Å². The number of nitrogens with zero attached hydrogens (tertiary/aromatic N) is 1. The lowest BCUT2D eigenvalue weighted by molar-refractivity contribution is -0.137. The van der Waals surface area contributed by atoms with Crippen molar-refractivity contribution in [1.82, 2.24) is 4.90 Å². The maximum absolute atomic E-state index is 11.9. The Hall–Kier alpha value is -2.31. The van der Waals surface area contributed by atoms with Crippen LogP contribution in [0.25, 0.3) is 0 Å². The first kappa shape index (κ1) is 13.8. The highest BCUT2D eigenvalue weighted by atomic mass is 16.4.